The molecule has 1 N–H and O–H groups in total. The van der Waals surface area contributed by atoms with Crippen LogP contribution in [0.2, 0.25) is 5.02 Å². The van der Waals surface area contributed by atoms with Crippen molar-refractivity contribution in [2.45, 2.75) is 32.1 Å². The molecule has 0 radical (unpaired) electrons. The maximum absolute atomic E-state index is 13.5. The van der Waals surface area contributed by atoms with Gasteiger partial charge in [0.15, 0.2) is 0 Å². The smallest absolute Gasteiger partial charge is 0.141 e. The number of benzene rings is 2. The largest absolute Gasteiger partial charge is 0.396 e. The summed E-state index contributed by atoms with van der Waals surface area (Å²) in [5.41, 5.74) is 7.86. The molecule has 0 fully saturated rings. The van der Waals surface area contributed by atoms with Crippen LogP contribution in [0.5, 0.6) is 0 Å². The van der Waals surface area contributed by atoms with Crippen molar-refractivity contribution in [3.63, 3.8) is 0 Å². The van der Waals surface area contributed by atoms with Crippen molar-refractivity contribution in [2.24, 2.45) is 0 Å². The van der Waals surface area contributed by atoms with E-state index in [2.05, 4.69) is 30.3 Å². The third-order valence-electron chi connectivity index (χ3n) is 5.18. The van der Waals surface area contributed by atoms with E-state index < -0.39 is 5.82 Å². The van der Waals surface area contributed by atoms with Gasteiger partial charge in [-0.2, -0.15) is 0 Å². The van der Waals surface area contributed by atoms with Crippen molar-refractivity contribution in [3.05, 3.63) is 87.3 Å². The number of aliphatic hydroxyl groups is 1. The first-order valence-corrected chi connectivity index (χ1v) is 9.67. The van der Waals surface area contributed by atoms with Crippen molar-refractivity contribution < 1.29 is 9.50 Å². The molecular weight excluding hydrogens is 361 g/mol. The average molecular weight is 382 g/mol. The molecule has 1 aliphatic rings. The van der Waals surface area contributed by atoms with Gasteiger partial charge >= 0.3 is 0 Å². The van der Waals surface area contributed by atoms with Gasteiger partial charge in [0, 0.05) is 17.9 Å². The Morgan fingerprint density at radius 3 is 2.52 bits per heavy atom. The van der Waals surface area contributed by atoms with Crippen LogP contribution in [0.25, 0.3) is 11.3 Å². The van der Waals surface area contributed by atoms with Gasteiger partial charge in [-0.1, -0.05) is 35.9 Å². The van der Waals surface area contributed by atoms with Crippen LogP contribution in [-0.2, 0) is 25.7 Å². The summed E-state index contributed by atoms with van der Waals surface area (Å²) in [6, 6.07) is 15.3. The van der Waals surface area contributed by atoms with E-state index in [1.807, 2.05) is 0 Å². The van der Waals surface area contributed by atoms with Gasteiger partial charge in [0.25, 0.3) is 0 Å². The Kier molecular flexibility index (Phi) is 5.24. The lowest BCUT2D eigenvalue weighted by atomic mass is 9.96. The highest BCUT2D eigenvalue weighted by Crippen LogP contribution is 2.31. The Morgan fingerprint density at radius 2 is 1.78 bits per heavy atom. The molecule has 2 nitrogen and oxygen atoms in total. The lowest BCUT2D eigenvalue weighted by molar-refractivity contribution is 0.299. The van der Waals surface area contributed by atoms with Crippen LogP contribution in [0, 0.1) is 5.82 Å². The maximum Gasteiger partial charge on any atom is 0.141 e. The fourth-order valence-corrected chi connectivity index (χ4v) is 3.94. The van der Waals surface area contributed by atoms with Crippen molar-refractivity contribution in [1.29, 1.82) is 0 Å². The van der Waals surface area contributed by atoms with Crippen LogP contribution in [-0.4, -0.2) is 16.7 Å². The molecule has 0 unspecified atom stereocenters. The quantitative estimate of drug-likeness (QED) is 0.662. The standard InChI is InChI=1S/C23H21ClFNO/c24-20-13-17(8-9-21(20)25)23-14-18(19-2-1-3-22(19)26-23)12-16-6-4-15(5-7-16)10-11-27/h4-9,13-14,27H,1-3,10-12H2. The number of hydrogen-bond acceptors (Lipinski definition) is 2. The zero-order chi connectivity index (χ0) is 18.8. The number of pyridine rings is 1. The van der Waals surface area contributed by atoms with Gasteiger partial charge in [-0.3, -0.25) is 4.98 Å². The van der Waals surface area contributed by atoms with Gasteiger partial charge in [-0.25, -0.2) is 4.39 Å². The number of aryl methyl sites for hydroxylation is 1. The normalized spacial score (nSPS) is 13.0. The first kappa shape index (κ1) is 18.1. The summed E-state index contributed by atoms with van der Waals surface area (Å²) in [6.45, 7) is 0.167. The van der Waals surface area contributed by atoms with Gasteiger partial charge in [-0.15, -0.1) is 0 Å². The summed E-state index contributed by atoms with van der Waals surface area (Å²) >= 11 is 5.97. The Hall–Kier alpha value is -2.23. The summed E-state index contributed by atoms with van der Waals surface area (Å²) in [5.74, 6) is -0.412. The summed E-state index contributed by atoms with van der Waals surface area (Å²) in [4.78, 5) is 4.83. The van der Waals surface area contributed by atoms with E-state index >= 15 is 0 Å². The van der Waals surface area contributed by atoms with Gasteiger partial charge in [-0.05, 0) is 78.6 Å². The predicted octanol–water partition coefficient (Wildman–Crippen LogP) is 5.16. The van der Waals surface area contributed by atoms with E-state index in [1.54, 1.807) is 12.1 Å². The zero-order valence-corrected chi connectivity index (χ0v) is 15.8. The Morgan fingerprint density at radius 1 is 1.00 bits per heavy atom. The second-order valence-corrected chi connectivity index (χ2v) is 7.45. The van der Waals surface area contributed by atoms with Gasteiger partial charge < -0.3 is 5.11 Å². The van der Waals surface area contributed by atoms with Crippen LogP contribution >= 0.6 is 11.6 Å². The molecule has 4 heteroatoms. The zero-order valence-electron chi connectivity index (χ0n) is 15.0. The number of aromatic nitrogens is 1. The van der Waals surface area contributed by atoms with Crippen LogP contribution in [0.15, 0.2) is 48.5 Å². The van der Waals surface area contributed by atoms with Crippen LogP contribution in [0.4, 0.5) is 4.39 Å². The van der Waals surface area contributed by atoms with Crippen molar-refractivity contribution >= 4 is 11.6 Å². The molecule has 27 heavy (non-hydrogen) atoms. The minimum absolute atomic E-state index is 0.121. The molecule has 0 saturated heterocycles. The molecule has 0 amide bonds. The predicted molar refractivity (Wildman–Crippen MR) is 107 cm³/mol. The summed E-state index contributed by atoms with van der Waals surface area (Å²) < 4.78 is 13.5. The van der Waals surface area contributed by atoms with E-state index in [0.717, 1.165) is 48.2 Å². The molecule has 0 saturated carbocycles. The first-order valence-electron chi connectivity index (χ1n) is 9.30. The number of nitrogens with zero attached hydrogens (tertiary/aromatic N) is 1. The topological polar surface area (TPSA) is 33.1 Å². The Labute approximate surface area is 163 Å². The van der Waals surface area contributed by atoms with Gasteiger partial charge in [0.05, 0.1) is 10.7 Å². The minimum atomic E-state index is -0.412. The average Bonchev–Trinajstić information content (AvgIpc) is 3.15. The summed E-state index contributed by atoms with van der Waals surface area (Å²) in [5, 5.41) is 9.19. The molecule has 0 aliphatic heterocycles. The fraction of sp³-hybridized carbons (Fsp3) is 0.261. The lowest BCUT2D eigenvalue weighted by Gasteiger charge is -2.12. The van der Waals surface area contributed by atoms with E-state index in [-0.39, 0.29) is 11.6 Å². The highest BCUT2D eigenvalue weighted by Gasteiger charge is 2.19. The van der Waals surface area contributed by atoms with E-state index in [0.29, 0.717) is 6.42 Å². The monoisotopic (exact) mass is 381 g/mol. The number of halogens is 2. The number of aliphatic hydroxyl groups excluding tert-OH is 1. The minimum Gasteiger partial charge on any atom is -0.396 e. The lowest BCUT2D eigenvalue weighted by Crippen LogP contribution is -2.00. The Bertz CT molecular complexity index is 969. The molecule has 4 rings (SSSR count). The van der Waals surface area contributed by atoms with Crippen molar-refractivity contribution in [3.8, 4) is 11.3 Å². The second-order valence-electron chi connectivity index (χ2n) is 7.04. The molecule has 138 valence electrons. The number of fused-ring (bicyclic) bond motifs is 1. The molecule has 0 atom stereocenters. The third kappa shape index (κ3) is 3.90. The maximum atomic E-state index is 13.5. The van der Waals surface area contributed by atoms with Crippen LogP contribution in [0.3, 0.4) is 0 Å². The molecule has 3 aromatic rings. The highest BCUT2D eigenvalue weighted by molar-refractivity contribution is 6.31. The van der Waals surface area contributed by atoms with Crippen LogP contribution in [0.1, 0.15) is 34.4 Å². The molecular formula is C23H21ClFNO. The first-order chi connectivity index (χ1) is 13.1. The third-order valence-corrected chi connectivity index (χ3v) is 5.47. The highest BCUT2D eigenvalue weighted by atomic mass is 35.5. The summed E-state index contributed by atoms with van der Waals surface area (Å²) in [7, 11) is 0. The number of rotatable bonds is 5. The Balaban J connectivity index is 1.69. The molecule has 0 bridgehead atoms. The molecule has 1 heterocycles. The fourth-order valence-electron chi connectivity index (χ4n) is 3.76. The molecule has 0 spiro atoms. The number of hydrogen-bond donors (Lipinski definition) is 1. The van der Waals surface area contributed by atoms with E-state index in [1.165, 1.54) is 22.8 Å². The van der Waals surface area contributed by atoms with Gasteiger partial charge in [0.1, 0.15) is 5.82 Å². The second kappa shape index (κ2) is 7.79. The van der Waals surface area contributed by atoms with E-state index in [4.69, 9.17) is 21.7 Å². The van der Waals surface area contributed by atoms with E-state index in [9.17, 15) is 4.39 Å². The van der Waals surface area contributed by atoms with Crippen molar-refractivity contribution in [1.82, 2.24) is 4.98 Å². The van der Waals surface area contributed by atoms with Crippen molar-refractivity contribution in [2.75, 3.05) is 6.61 Å². The molecule has 1 aromatic heterocycles. The van der Waals surface area contributed by atoms with Gasteiger partial charge in [0.2, 0.25) is 0 Å². The van der Waals surface area contributed by atoms with Crippen LogP contribution < -0.4 is 0 Å². The SMILES string of the molecule is OCCc1ccc(Cc2cc(-c3ccc(F)c(Cl)c3)nc3c2CCC3)cc1. The summed E-state index contributed by atoms with van der Waals surface area (Å²) in [6.07, 6.45) is 4.69. The molecule has 1 aliphatic carbocycles. The molecule has 2 aromatic carbocycles.